The lowest BCUT2D eigenvalue weighted by Crippen LogP contribution is -2.44. The Morgan fingerprint density at radius 1 is 1.15 bits per heavy atom. The first-order chi connectivity index (χ1) is 9.61. The first kappa shape index (κ1) is 15.7. The molecule has 0 saturated heterocycles. The molecule has 0 spiro atoms. The molecular formula is C15H26F2N2O. The van der Waals surface area contributed by atoms with Gasteiger partial charge in [0.2, 0.25) is 5.91 Å². The monoisotopic (exact) mass is 288 g/mol. The van der Waals surface area contributed by atoms with Gasteiger partial charge in [0.1, 0.15) is 0 Å². The van der Waals surface area contributed by atoms with Gasteiger partial charge in [-0.2, -0.15) is 0 Å². The molecule has 0 aromatic carbocycles. The zero-order chi connectivity index (χ0) is 14.5. The van der Waals surface area contributed by atoms with Gasteiger partial charge in [-0.15, -0.1) is 0 Å². The Morgan fingerprint density at radius 3 is 2.50 bits per heavy atom. The number of hydrogen-bond donors (Lipinski definition) is 1. The van der Waals surface area contributed by atoms with Crippen LogP contribution in [0.1, 0.15) is 44.9 Å². The maximum Gasteiger partial charge on any atom is 0.255 e. The number of halogens is 2. The Hall–Kier alpha value is -0.710. The van der Waals surface area contributed by atoms with E-state index in [1.54, 1.807) is 0 Å². The van der Waals surface area contributed by atoms with E-state index in [9.17, 15) is 13.6 Å². The predicted molar refractivity (Wildman–Crippen MR) is 74.4 cm³/mol. The third-order valence-corrected chi connectivity index (χ3v) is 4.96. The summed E-state index contributed by atoms with van der Waals surface area (Å²) in [6, 6.07) is 0. The van der Waals surface area contributed by atoms with Crippen molar-refractivity contribution in [3.63, 3.8) is 0 Å². The van der Waals surface area contributed by atoms with E-state index in [1.165, 1.54) is 30.6 Å². The molecule has 20 heavy (non-hydrogen) atoms. The van der Waals surface area contributed by atoms with E-state index in [-0.39, 0.29) is 24.9 Å². The van der Waals surface area contributed by atoms with E-state index in [2.05, 4.69) is 0 Å². The Morgan fingerprint density at radius 2 is 1.85 bits per heavy atom. The van der Waals surface area contributed by atoms with E-state index >= 15 is 0 Å². The molecule has 2 aliphatic carbocycles. The number of rotatable bonds is 5. The normalized spacial score (nSPS) is 30.1. The molecule has 0 bridgehead atoms. The number of hydrogen-bond acceptors (Lipinski definition) is 2. The Balaban J connectivity index is 1.93. The fourth-order valence-electron chi connectivity index (χ4n) is 3.97. The second-order valence-electron chi connectivity index (χ2n) is 6.28. The summed E-state index contributed by atoms with van der Waals surface area (Å²) in [6.45, 7) is 0.0195. The van der Waals surface area contributed by atoms with Gasteiger partial charge in [0.05, 0.1) is 6.54 Å². The van der Waals surface area contributed by atoms with Gasteiger partial charge in [0.25, 0.3) is 6.43 Å². The van der Waals surface area contributed by atoms with Crippen LogP contribution in [0.15, 0.2) is 0 Å². The van der Waals surface area contributed by atoms with Crippen LogP contribution in [0.3, 0.4) is 0 Å². The van der Waals surface area contributed by atoms with Crippen LogP contribution in [0.5, 0.6) is 0 Å². The van der Waals surface area contributed by atoms with E-state index in [0.29, 0.717) is 5.92 Å². The fourth-order valence-corrected chi connectivity index (χ4v) is 3.97. The molecule has 3 atom stereocenters. The van der Waals surface area contributed by atoms with Crippen LogP contribution in [0.25, 0.3) is 0 Å². The smallest absolute Gasteiger partial charge is 0.255 e. The highest BCUT2D eigenvalue weighted by molar-refractivity contribution is 5.79. The molecule has 5 heteroatoms. The molecule has 2 rings (SSSR count). The number of amides is 1. The van der Waals surface area contributed by atoms with Crippen molar-refractivity contribution in [1.82, 2.24) is 4.90 Å². The zero-order valence-electron chi connectivity index (χ0n) is 12.1. The summed E-state index contributed by atoms with van der Waals surface area (Å²) in [5.41, 5.74) is 5.44. The van der Waals surface area contributed by atoms with Crippen LogP contribution in [0.4, 0.5) is 8.78 Å². The van der Waals surface area contributed by atoms with Gasteiger partial charge in [-0.25, -0.2) is 8.78 Å². The number of carbonyl (C=O) groups excluding carboxylic acids is 1. The van der Waals surface area contributed by atoms with Crippen molar-refractivity contribution < 1.29 is 13.6 Å². The SMILES string of the molecule is NCCN(CC(F)F)C(=O)C1CCC2CCCCC2C1. The zero-order valence-corrected chi connectivity index (χ0v) is 12.1. The highest BCUT2D eigenvalue weighted by Gasteiger charge is 2.36. The molecule has 2 N–H and O–H groups in total. The first-order valence-corrected chi connectivity index (χ1v) is 7.88. The van der Waals surface area contributed by atoms with Gasteiger partial charge >= 0.3 is 0 Å². The van der Waals surface area contributed by atoms with Crippen molar-refractivity contribution in [2.45, 2.75) is 51.4 Å². The molecule has 1 amide bonds. The molecule has 0 aromatic rings. The molecule has 0 heterocycles. The average Bonchev–Trinajstić information content (AvgIpc) is 2.45. The van der Waals surface area contributed by atoms with Crippen molar-refractivity contribution in [3.8, 4) is 0 Å². The Labute approximate surface area is 119 Å². The lowest BCUT2D eigenvalue weighted by molar-refractivity contribution is -0.139. The van der Waals surface area contributed by atoms with Gasteiger partial charge in [0, 0.05) is 19.0 Å². The summed E-state index contributed by atoms with van der Waals surface area (Å²) in [5.74, 6) is 1.25. The first-order valence-electron chi connectivity index (χ1n) is 7.88. The molecule has 0 radical (unpaired) electrons. The molecule has 0 aliphatic heterocycles. The van der Waals surface area contributed by atoms with Crippen molar-refractivity contribution in [2.24, 2.45) is 23.5 Å². The minimum atomic E-state index is -2.48. The van der Waals surface area contributed by atoms with Crippen molar-refractivity contribution in [3.05, 3.63) is 0 Å². The van der Waals surface area contributed by atoms with Gasteiger partial charge < -0.3 is 10.6 Å². The predicted octanol–water partition coefficient (Wildman–Crippen LogP) is 2.65. The van der Waals surface area contributed by atoms with Crippen LogP contribution in [0, 0.1) is 17.8 Å². The highest BCUT2D eigenvalue weighted by Crippen LogP contribution is 2.43. The third-order valence-electron chi connectivity index (χ3n) is 4.96. The summed E-state index contributed by atoms with van der Waals surface area (Å²) in [5, 5.41) is 0. The quantitative estimate of drug-likeness (QED) is 0.845. The number of alkyl halides is 2. The van der Waals surface area contributed by atoms with E-state index in [0.717, 1.165) is 25.2 Å². The lowest BCUT2D eigenvalue weighted by Gasteiger charge is -2.40. The molecule has 2 fully saturated rings. The molecule has 2 aliphatic rings. The minimum Gasteiger partial charge on any atom is -0.335 e. The molecule has 3 nitrogen and oxygen atoms in total. The maximum absolute atomic E-state index is 12.6. The van der Waals surface area contributed by atoms with Crippen LogP contribution >= 0.6 is 0 Å². The topological polar surface area (TPSA) is 46.3 Å². The highest BCUT2D eigenvalue weighted by atomic mass is 19.3. The van der Waals surface area contributed by atoms with E-state index < -0.39 is 13.0 Å². The van der Waals surface area contributed by atoms with Crippen molar-refractivity contribution >= 4 is 5.91 Å². The van der Waals surface area contributed by atoms with Crippen molar-refractivity contribution in [2.75, 3.05) is 19.6 Å². The Bertz CT molecular complexity index is 325. The van der Waals surface area contributed by atoms with Crippen LogP contribution < -0.4 is 5.73 Å². The Kier molecular flexibility index (Phi) is 5.75. The largest absolute Gasteiger partial charge is 0.335 e. The fraction of sp³-hybridized carbons (Fsp3) is 0.933. The molecule has 2 saturated carbocycles. The maximum atomic E-state index is 12.6. The second kappa shape index (κ2) is 7.34. The summed E-state index contributed by atoms with van der Waals surface area (Å²) >= 11 is 0. The van der Waals surface area contributed by atoms with Crippen LogP contribution in [-0.4, -0.2) is 36.9 Å². The van der Waals surface area contributed by atoms with Gasteiger partial charge in [-0.1, -0.05) is 25.7 Å². The third kappa shape index (κ3) is 3.90. The van der Waals surface area contributed by atoms with Gasteiger partial charge in [-0.05, 0) is 31.1 Å². The van der Waals surface area contributed by atoms with E-state index in [4.69, 9.17) is 5.73 Å². The van der Waals surface area contributed by atoms with Crippen LogP contribution in [-0.2, 0) is 4.79 Å². The van der Waals surface area contributed by atoms with Gasteiger partial charge in [-0.3, -0.25) is 4.79 Å². The van der Waals surface area contributed by atoms with Crippen molar-refractivity contribution in [1.29, 1.82) is 0 Å². The number of nitrogens with two attached hydrogens (primary N) is 1. The number of carbonyl (C=O) groups is 1. The lowest BCUT2D eigenvalue weighted by atomic mass is 9.67. The van der Waals surface area contributed by atoms with E-state index in [1.807, 2.05) is 0 Å². The van der Waals surface area contributed by atoms with Crippen LogP contribution in [0.2, 0.25) is 0 Å². The second-order valence-corrected chi connectivity index (χ2v) is 6.28. The average molecular weight is 288 g/mol. The molecular weight excluding hydrogens is 262 g/mol. The molecule has 3 unspecified atom stereocenters. The van der Waals surface area contributed by atoms with Gasteiger partial charge in [0.15, 0.2) is 0 Å². The minimum absolute atomic E-state index is 0.0559. The number of nitrogens with zero attached hydrogens (tertiary/aromatic N) is 1. The summed E-state index contributed by atoms with van der Waals surface area (Å²) in [6.07, 6.45) is 5.44. The standard InChI is InChI=1S/C15H26F2N2O/c16-14(17)10-19(8-7-18)15(20)13-6-5-11-3-1-2-4-12(11)9-13/h11-14H,1-10,18H2. The summed E-state index contributed by atoms with van der Waals surface area (Å²) < 4.78 is 25.1. The molecule has 116 valence electrons. The number of fused-ring (bicyclic) bond motifs is 1. The molecule has 0 aromatic heterocycles. The summed E-state index contributed by atoms with van der Waals surface area (Å²) in [7, 11) is 0. The summed E-state index contributed by atoms with van der Waals surface area (Å²) in [4.78, 5) is 13.7.